The summed E-state index contributed by atoms with van der Waals surface area (Å²) >= 11 is 1.53. The monoisotopic (exact) mass is 143 g/mol. The number of nitrogens with zero attached hydrogens (tertiary/aromatic N) is 1. The van der Waals surface area contributed by atoms with Crippen LogP contribution in [0, 0.1) is 0 Å². The molecule has 0 radical (unpaired) electrons. The van der Waals surface area contributed by atoms with Gasteiger partial charge in [-0.1, -0.05) is 13.0 Å². The fourth-order valence-electron chi connectivity index (χ4n) is 0.248. The molecule has 2 heteroatoms. The number of rotatable bonds is 3. The maximum atomic E-state index is 4.08. The van der Waals surface area contributed by atoms with E-state index in [4.69, 9.17) is 0 Å². The van der Waals surface area contributed by atoms with Gasteiger partial charge in [0, 0.05) is 23.1 Å². The zero-order chi connectivity index (χ0) is 7.11. The third-order valence-electron chi connectivity index (χ3n) is 0.860. The van der Waals surface area contributed by atoms with Gasteiger partial charge in [-0.25, -0.2) is 4.40 Å². The Bertz CT molecular complexity index is 116. The molecule has 0 spiro atoms. The van der Waals surface area contributed by atoms with Crippen LogP contribution in [0.25, 0.3) is 0 Å². The molecular formula is C7H13NS. The van der Waals surface area contributed by atoms with Gasteiger partial charge in [-0.05, 0) is 20.3 Å². The van der Waals surface area contributed by atoms with Crippen molar-refractivity contribution in [2.24, 2.45) is 4.40 Å². The Balaban J connectivity index is 3.38. The summed E-state index contributed by atoms with van der Waals surface area (Å²) in [6, 6.07) is 0. The van der Waals surface area contributed by atoms with Crippen molar-refractivity contribution >= 4 is 18.2 Å². The second-order valence-electron chi connectivity index (χ2n) is 1.69. The Morgan fingerprint density at radius 1 is 1.67 bits per heavy atom. The molecule has 0 aromatic carbocycles. The molecule has 9 heavy (non-hydrogen) atoms. The fourth-order valence-corrected chi connectivity index (χ4v) is 0.743. The summed E-state index contributed by atoms with van der Waals surface area (Å²) in [4.78, 5) is 1.25. The largest absolute Gasteiger partial charge is 0.224 e. The molecule has 0 N–H and O–H groups in total. The lowest BCUT2D eigenvalue weighted by Crippen LogP contribution is -1.64. The fraction of sp³-hybridized carbons (Fsp3) is 0.571. The van der Waals surface area contributed by atoms with E-state index in [0.717, 1.165) is 6.42 Å². The van der Waals surface area contributed by atoms with Crippen LogP contribution in [0.4, 0.5) is 0 Å². The first kappa shape index (κ1) is 8.76. The van der Waals surface area contributed by atoms with Crippen molar-refractivity contribution in [2.75, 3.05) is 0 Å². The molecule has 0 heterocycles. The highest BCUT2D eigenvalue weighted by molar-refractivity contribution is 8.01. The molecular weight excluding hydrogens is 130 g/mol. The van der Waals surface area contributed by atoms with Crippen LogP contribution in [-0.4, -0.2) is 6.21 Å². The number of hydrogen-bond donors (Lipinski definition) is 0. The molecule has 0 aromatic rings. The lowest BCUT2D eigenvalue weighted by Gasteiger charge is -1.88. The first-order valence-electron chi connectivity index (χ1n) is 3.13. The third-order valence-corrected chi connectivity index (χ3v) is 1.64. The molecule has 0 saturated carbocycles. The van der Waals surface area contributed by atoms with Crippen LogP contribution in [-0.2, 0) is 0 Å². The predicted molar refractivity (Wildman–Crippen MR) is 45.8 cm³/mol. The summed E-state index contributed by atoms with van der Waals surface area (Å²) in [5.74, 6) is 0. The SMILES string of the molecule is C/C=C(/C)SN=CCC. The molecule has 52 valence electrons. The van der Waals surface area contributed by atoms with E-state index in [1.807, 2.05) is 13.1 Å². The van der Waals surface area contributed by atoms with Crippen molar-refractivity contribution in [3.05, 3.63) is 11.0 Å². The van der Waals surface area contributed by atoms with E-state index in [1.165, 1.54) is 16.9 Å². The van der Waals surface area contributed by atoms with Gasteiger partial charge < -0.3 is 0 Å². The van der Waals surface area contributed by atoms with Gasteiger partial charge in [0.05, 0.1) is 0 Å². The minimum Gasteiger partial charge on any atom is -0.224 e. The highest BCUT2D eigenvalue weighted by Crippen LogP contribution is 2.14. The first-order valence-corrected chi connectivity index (χ1v) is 3.90. The van der Waals surface area contributed by atoms with Gasteiger partial charge in [0.25, 0.3) is 0 Å². The molecule has 0 amide bonds. The minimum absolute atomic E-state index is 1.02. The minimum atomic E-state index is 1.02. The Morgan fingerprint density at radius 2 is 2.33 bits per heavy atom. The Morgan fingerprint density at radius 3 is 2.78 bits per heavy atom. The maximum Gasteiger partial charge on any atom is 0.0127 e. The van der Waals surface area contributed by atoms with Gasteiger partial charge in [-0.2, -0.15) is 0 Å². The molecule has 0 aliphatic carbocycles. The highest BCUT2D eigenvalue weighted by Gasteiger charge is 1.80. The molecule has 0 rings (SSSR count). The topological polar surface area (TPSA) is 12.4 Å². The number of hydrogen-bond acceptors (Lipinski definition) is 2. The van der Waals surface area contributed by atoms with Crippen LogP contribution in [0.15, 0.2) is 15.4 Å². The van der Waals surface area contributed by atoms with Crippen molar-refractivity contribution < 1.29 is 0 Å². The lowest BCUT2D eigenvalue weighted by molar-refractivity contribution is 1.33. The Kier molecular flexibility index (Phi) is 5.73. The van der Waals surface area contributed by atoms with Crippen LogP contribution < -0.4 is 0 Å². The summed E-state index contributed by atoms with van der Waals surface area (Å²) < 4.78 is 4.08. The molecule has 0 unspecified atom stereocenters. The average Bonchev–Trinajstić information content (AvgIpc) is 1.89. The van der Waals surface area contributed by atoms with Gasteiger partial charge in [0.15, 0.2) is 0 Å². The summed E-state index contributed by atoms with van der Waals surface area (Å²) in [5.41, 5.74) is 0. The molecule has 0 aliphatic heterocycles. The second-order valence-corrected chi connectivity index (χ2v) is 2.72. The lowest BCUT2D eigenvalue weighted by atomic mass is 10.6. The normalized spacial score (nSPS) is 13.0. The third kappa shape index (κ3) is 5.63. The smallest absolute Gasteiger partial charge is 0.0127 e. The quantitative estimate of drug-likeness (QED) is 0.437. The van der Waals surface area contributed by atoms with E-state index in [0.29, 0.717) is 0 Å². The van der Waals surface area contributed by atoms with Crippen LogP contribution >= 0.6 is 11.9 Å². The van der Waals surface area contributed by atoms with Crippen LogP contribution in [0.5, 0.6) is 0 Å². The molecule has 0 bridgehead atoms. The standard InChI is InChI=1S/C7H13NS/c1-4-6-8-9-7(3)5-2/h5-6H,4H2,1-3H3/b7-5-,8-6?. The Labute approximate surface area is 61.4 Å². The van der Waals surface area contributed by atoms with Gasteiger partial charge >= 0.3 is 0 Å². The summed E-state index contributed by atoms with van der Waals surface area (Å²) in [6.45, 7) is 6.15. The summed E-state index contributed by atoms with van der Waals surface area (Å²) in [7, 11) is 0. The van der Waals surface area contributed by atoms with Crippen LogP contribution in [0.1, 0.15) is 27.2 Å². The van der Waals surface area contributed by atoms with E-state index < -0.39 is 0 Å². The first-order chi connectivity index (χ1) is 4.31. The van der Waals surface area contributed by atoms with Crippen molar-refractivity contribution in [2.45, 2.75) is 27.2 Å². The van der Waals surface area contributed by atoms with E-state index >= 15 is 0 Å². The van der Waals surface area contributed by atoms with E-state index in [1.54, 1.807) is 0 Å². The van der Waals surface area contributed by atoms with Gasteiger partial charge in [0.2, 0.25) is 0 Å². The van der Waals surface area contributed by atoms with Crippen LogP contribution in [0.3, 0.4) is 0 Å². The molecule has 0 atom stereocenters. The van der Waals surface area contributed by atoms with Gasteiger partial charge in [-0.3, -0.25) is 0 Å². The molecule has 0 aliphatic rings. The Hall–Kier alpha value is -0.240. The van der Waals surface area contributed by atoms with E-state index in [9.17, 15) is 0 Å². The van der Waals surface area contributed by atoms with Crippen molar-refractivity contribution in [3.8, 4) is 0 Å². The maximum absolute atomic E-state index is 4.08. The molecule has 0 saturated heterocycles. The second kappa shape index (κ2) is 5.89. The zero-order valence-corrected chi connectivity index (χ0v) is 7.03. The summed E-state index contributed by atoms with van der Waals surface area (Å²) in [6.07, 6.45) is 4.99. The van der Waals surface area contributed by atoms with Gasteiger partial charge in [0.1, 0.15) is 0 Å². The highest BCUT2D eigenvalue weighted by atomic mass is 32.2. The summed E-state index contributed by atoms with van der Waals surface area (Å²) in [5, 5.41) is 0. The van der Waals surface area contributed by atoms with Crippen molar-refractivity contribution in [3.63, 3.8) is 0 Å². The van der Waals surface area contributed by atoms with Crippen molar-refractivity contribution in [1.29, 1.82) is 0 Å². The van der Waals surface area contributed by atoms with E-state index in [2.05, 4.69) is 24.3 Å². The van der Waals surface area contributed by atoms with Crippen molar-refractivity contribution in [1.82, 2.24) is 0 Å². The zero-order valence-electron chi connectivity index (χ0n) is 6.22. The average molecular weight is 143 g/mol. The predicted octanol–water partition coefficient (Wildman–Crippen LogP) is 3.04. The van der Waals surface area contributed by atoms with Gasteiger partial charge in [-0.15, -0.1) is 0 Å². The van der Waals surface area contributed by atoms with Crippen LogP contribution in [0.2, 0.25) is 0 Å². The number of allylic oxidation sites excluding steroid dienone is 2. The molecule has 0 aromatic heterocycles. The molecule has 1 nitrogen and oxygen atoms in total. The van der Waals surface area contributed by atoms with E-state index in [-0.39, 0.29) is 0 Å². The molecule has 0 fully saturated rings.